The highest BCUT2D eigenvalue weighted by molar-refractivity contribution is 7.92. The van der Waals surface area contributed by atoms with Crippen LogP contribution in [0.2, 0.25) is 0 Å². The van der Waals surface area contributed by atoms with E-state index in [0.29, 0.717) is 17.2 Å². The molecule has 4 rings (SSSR count). The van der Waals surface area contributed by atoms with Gasteiger partial charge in [-0.05, 0) is 57.2 Å². The Morgan fingerprint density at radius 1 is 0.931 bits per heavy atom. The van der Waals surface area contributed by atoms with Gasteiger partial charge in [-0.25, -0.2) is 33.1 Å². The molecule has 1 aromatic carbocycles. The Morgan fingerprint density at radius 3 is 2.31 bits per heavy atom. The number of rotatable bonds is 5. The maximum Gasteiger partial charge on any atom is 0.264 e. The third-order valence-electron chi connectivity index (χ3n) is 4.09. The van der Waals surface area contributed by atoms with E-state index in [4.69, 9.17) is 0 Å². The van der Waals surface area contributed by atoms with Crippen LogP contribution in [0.5, 0.6) is 0 Å². The minimum atomic E-state index is -3.79. The number of thiophene rings is 1. The number of sulfonamides is 1. The molecule has 0 aliphatic heterocycles. The molecule has 0 radical (unpaired) electrons. The van der Waals surface area contributed by atoms with Crippen LogP contribution in [0.15, 0.2) is 47.6 Å². The molecule has 0 atom stereocenters. The van der Waals surface area contributed by atoms with E-state index >= 15 is 0 Å². The van der Waals surface area contributed by atoms with Crippen LogP contribution < -0.4 is 10.0 Å². The van der Waals surface area contributed by atoms with Gasteiger partial charge in [-0.15, -0.1) is 11.3 Å². The van der Waals surface area contributed by atoms with Crippen molar-refractivity contribution in [1.82, 2.24) is 19.9 Å². The van der Waals surface area contributed by atoms with Gasteiger partial charge in [0.05, 0.1) is 10.3 Å². The van der Waals surface area contributed by atoms with Crippen molar-refractivity contribution in [1.29, 1.82) is 0 Å². The average Bonchev–Trinajstić information content (AvgIpc) is 3.02. The number of aryl methyl sites for hydroxylation is 3. The summed E-state index contributed by atoms with van der Waals surface area (Å²) in [5.41, 5.74) is 2.10. The highest BCUT2D eigenvalue weighted by atomic mass is 32.2. The van der Waals surface area contributed by atoms with Crippen LogP contribution >= 0.6 is 11.3 Å². The van der Waals surface area contributed by atoms with Crippen LogP contribution in [0, 0.1) is 20.8 Å². The molecule has 3 heterocycles. The predicted octanol–water partition coefficient (Wildman–Crippen LogP) is 3.95. The Labute approximate surface area is 172 Å². The zero-order chi connectivity index (χ0) is 20.6. The van der Waals surface area contributed by atoms with Gasteiger partial charge in [-0.2, -0.15) is 0 Å². The molecule has 10 heteroatoms. The average molecular weight is 427 g/mol. The van der Waals surface area contributed by atoms with Crippen LogP contribution in [0.25, 0.3) is 10.2 Å². The summed E-state index contributed by atoms with van der Waals surface area (Å²) in [6.07, 6.45) is 1.51. The van der Waals surface area contributed by atoms with Gasteiger partial charge in [-0.1, -0.05) is 0 Å². The van der Waals surface area contributed by atoms with E-state index in [0.717, 1.165) is 20.8 Å². The van der Waals surface area contributed by atoms with Crippen LogP contribution in [0.3, 0.4) is 0 Å². The van der Waals surface area contributed by atoms with Gasteiger partial charge >= 0.3 is 0 Å². The zero-order valence-corrected chi connectivity index (χ0v) is 17.6. The fourth-order valence-electron chi connectivity index (χ4n) is 2.88. The Kier molecular flexibility index (Phi) is 4.89. The first kappa shape index (κ1) is 19.2. The summed E-state index contributed by atoms with van der Waals surface area (Å²) in [6.45, 7) is 5.58. The number of fused-ring (bicyclic) bond motifs is 1. The van der Waals surface area contributed by atoms with Crippen molar-refractivity contribution >= 4 is 49.0 Å². The van der Waals surface area contributed by atoms with Gasteiger partial charge in [0, 0.05) is 22.0 Å². The van der Waals surface area contributed by atoms with Crippen molar-refractivity contribution in [3.05, 3.63) is 59.0 Å². The molecule has 0 amide bonds. The van der Waals surface area contributed by atoms with Crippen LogP contribution in [0.1, 0.15) is 16.3 Å². The van der Waals surface area contributed by atoms with E-state index < -0.39 is 10.0 Å². The molecule has 0 saturated carbocycles. The minimum Gasteiger partial charge on any atom is -0.340 e. The van der Waals surface area contributed by atoms with E-state index in [1.54, 1.807) is 43.4 Å². The molecule has 3 aromatic heterocycles. The van der Waals surface area contributed by atoms with Crippen molar-refractivity contribution in [3.8, 4) is 0 Å². The Balaban J connectivity index is 1.56. The lowest BCUT2D eigenvalue weighted by Crippen LogP contribution is -2.15. The van der Waals surface area contributed by atoms with Crippen LogP contribution in [-0.2, 0) is 10.0 Å². The lowest BCUT2D eigenvalue weighted by Gasteiger charge is -2.10. The number of hydrogen-bond acceptors (Lipinski definition) is 8. The van der Waals surface area contributed by atoms with E-state index in [-0.39, 0.29) is 10.8 Å². The summed E-state index contributed by atoms with van der Waals surface area (Å²) in [4.78, 5) is 19.0. The van der Waals surface area contributed by atoms with E-state index in [1.165, 1.54) is 18.5 Å². The maximum absolute atomic E-state index is 12.6. The molecule has 0 saturated heterocycles. The monoisotopic (exact) mass is 426 g/mol. The molecular formula is C19H18N6O2S2. The lowest BCUT2D eigenvalue weighted by molar-refractivity contribution is 0.601. The fourth-order valence-corrected chi connectivity index (χ4v) is 4.67. The quantitative estimate of drug-likeness (QED) is 0.497. The van der Waals surface area contributed by atoms with Crippen molar-refractivity contribution in [3.63, 3.8) is 0 Å². The molecule has 2 N–H and O–H groups in total. The Morgan fingerprint density at radius 2 is 1.62 bits per heavy atom. The number of benzene rings is 1. The SMILES string of the molecule is Cc1cc(C)nc(NS(=O)(=O)c2ccc(Nc3ncnc4sc(C)cc34)cc2)n1. The van der Waals surface area contributed by atoms with Crippen molar-refractivity contribution in [2.24, 2.45) is 0 Å². The highest BCUT2D eigenvalue weighted by Gasteiger charge is 2.16. The minimum absolute atomic E-state index is 0.0564. The molecule has 148 valence electrons. The second-order valence-electron chi connectivity index (χ2n) is 6.53. The number of nitrogens with one attached hydrogen (secondary N) is 2. The summed E-state index contributed by atoms with van der Waals surface area (Å²) in [5, 5.41) is 4.15. The standard InChI is InChI=1S/C19H18N6O2S2/c1-11-8-12(2)23-19(22-11)25-29(26,27)15-6-4-14(5-7-15)24-17-16-9-13(3)28-18(16)21-10-20-17/h4-10H,1-3H3,(H,20,21,24)(H,22,23,25). The second kappa shape index (κ2) is 7.37. The lowest BCUT2D eigenvalue weighted by atomic mass is 10.3. The summed E-state index contributed by atoms with van der Waals surface area (Å²) in [6, 6.07) is 10.2. The molecular weight excluding hydrogens is 408 g/mol. The maximum atomic E-state index is 12.6. The summed E-state index contributed by atoms with van der Waals surface area (Å²) in [7, 11) is -3.79. The van der Waals surface area contributed by atoms with Gasteiger partial charge in [0.2, 0.25) is 5.95 Å². The summed E-state index contributed by atoms with van der Waals surface area (Å²) < 4.78 is 27.7. The number of hydrogen-bond donors (Lipinski definition) is 2. The predicted molar refractivity (Wildman–Crippen MR) is 114 cm³/mol. The molecule has 0 fully saturated rings. The summed E-state index contributed by atoms with van der Waals surface area (Å²) >= 11 is 1.59. The van der Waals surface area contributed by atoms with Gasteiger partial charge < -0.3 is 5.32 Å². The van der Waals surface area contributed by atoms with E-state index in [2.05, 4.69) is 30.0 Å². The third-order valence-corrected chi connectivity index (χ3v) is 6.39. The first-order valence-electron chi connectivity index (χ1n) is 8.73. The third kappa shape index (κ3) is 4.17. The van der Waals surface area contributed by atoms with Gasteiger partial charge in [-0.3, -0.25) is 0 Å². The van der Waals surface area contributed by atoms with E-state index in [9.17, 15) is 8.42 Å². The molecule has 0 bridgehead atoms. The largest absolute Gasteiger partial charge is 0.340 e. The second-order valence-corrected chi connectivity index (χ2v) is 9.44. The Hall–Kier alpha value is -3.11. The molecule has 0 unspecified atom stereocenters. The first-order chi connectivity index (χ1) is 13.8. The van der Waals surface area contributed by atoms with Gasteiger partial charge in [0.1, 0.15) is 17.0 Å². The fraction of sp³-hybridized carbons (Fsp3) is 0.158. The Bertz CT molecular complexity index is 1280. The normalized spacial score (nSPS) is 11.6. The molecule has 0 spiro atoms. The smallest absolute Gasteiger partial charge is 0.264 e. The first-order valence-corrected chi connectivity index (χ1v) is 11.0. The van der Waals surface area contributed by atoms with E-state index in [1.807, 2.05) is 13.0 Å². The number of aromatic nitrogens is 4. The van der Waals surface area contributed by atoms with Gasteiger partial charge in [0.25, 0.3) is 10.0 Å². The molecule has 29 heavy (non-hydrogen) atoms. The highest BCUT2D eigenvalue weighted by Crippen LogP contribution is 2.29. The summed E-state index contributed by atoms with van der Waals surface area (Å²) in [5.74, 6) is 0.734. The van der Waals surface area contributed by atoms with Crippen molar-refractivity contribution < 1.29 is 8.42 Å². The molecule has 4 aromatic rings. The van der Waals surface area contributed by atoms with Crippen molar-refractivity contribution in [2.45, 2.75) is 25.7 Å². The van der Waals surface area contributed by atoms with Gasteiger partial charge in [0.15, 0.2) is 0 Å². The zero-order valence-electron chi connectivity index (χ0n) is 16.0. The number of anilines is 3. The number of nitrogens with zero attached hydrogens (tertiary/aromatic N) is 4. The topological polar surface area (TPSA) is 110 Å². The molecule has 0 aliphatic rings. The van der Waals surface area contributed by atoms with Crippen molar-refractivity contribution in [2.75, 3.05) is 10.0 Å². The molecule has 0 aliphatic carbocycles. The molecule has 8 nitrogen and oxygen atoms in total. The van der Waals surface area contributed by atoms with Crippen LogP contribution in [0.4, 0.5) is 17.5 Å². The van der Waals surface area contributed by atoms with Crippen LogP contribution in [-0.4, -0.2) is 28.4 Å².